The predicted molar refractivity (Wildman–Crippen MR) is 44.6 cm³/mol. The number of thiophene rings is 1. The first kappa shape index (κ1) is 6.93. The smallest absolute Gasteiger partial charge is 0.0362 e. The van der Waals surface area contributed by atoms with E-state index in [4.69, 9.17) is 0 Å². The Balaban J connectivity index is 2.72. The Morgan fingerprint density at radius 2 is 2.30 bits per heavy atom. The van der Waals surface area contributed by atoms with E-state index in [0.29, 0.717) is 0 Å². The van der Waals surface area contributed by atoms with Gasteiger partial charge in [-0.05, 0) is 30.2 Å². The molecule has 0 N–H and O–H groups in total. The molecule has 1 aromatic rings. The van der Waals surface area contributed by atoms with Gasteiger partial charge in [0.25, 0.3) is 0 Å². The topological polar surface area (TPSA) is 0 Å². The van der Waals surface area contributed by atoms with E-state index < -0.39 is 0 Å². The van der Waals surface area contributed by atoms with Gasteiger partial charge < -0.3 is 0 Å². The van der Waals surface area contributed by atoms with Gasteiger partial charge in [0, 0.05) is 10.9 Å². The van der Waals surface area contributed by atoms with Gasteiger partial charge in [-0.15, -0.1) is 0 Å². The van der Waals surface area contributed by atoms with Crippen molar-refractivity contribution < 1.29 is 0 Å². The molecule has 0 aromatic carbocycles. The fourth-order valence-corrected chi connectivity index (χ4v) is 1.09. The maximum absolute atomic E-state index is 2.91. The quantitative estimate of drug-likeness (QED) is 0.492. The molecule has 48 valence electrons. The lowest BCUT2D eigenvalue weighted by molar-refractivity contribution is 1.86. The molecule has 0 radical (unpaired) electrons. The van der Waals surface area contributed by atoms with E-state index >= 15 is 0 Å². The van der Waals surface area contributed by atoms with E-state index in [1.165, 1.54) is 0 Å². The Morgan fingerprint density at radius 1 is 1.40 bits per heavy atom. The standard InChI is InChI=1S/C9H6S/c1-2-3-4-5-9-6-7-10-8-9/h6-8H,1H3. The predicted octanol–water partition coefficient (Wildman–Crippen LogP) is 2.12. The Morgan fingerprint density at radius 3 is 2.90 bits per heavy atom. The Labute approximate surface area is 64.9 Å². The molecule has 0 saturated carbocycles. The molecule has 0 unspecified atom stereocenters. The average molecular weight is 146 g/mol. The maximum Gasteiger partial charge on any atom is 0.0362 e. The van der Waals surface area contributed by atoms with Crippen LogP contribution in [0, 0.1) is 23.7 Å². The zero-order valence-corrected chi connectivity index (χ0v) is 6.46. The molecular weight excluding hydrogens is 140 g/mol. The van der Waals surface area contributed by atoms with Gasteiger partial charge in [0.1, 0.15) is 0 Å². The third kappa shape index (κ3) is 1.97. The summed E-state index contributed by atoms with van der Waals surface area (Å²) >= 11 is 1.65. The van der Waals surface area contributed by atoms with Gasteiger partial charge in [-0.1, -0.05) is 11.8 Å². The van der Waals surface area contributed by atoms with Gasteiger partial charge in [-0.25, -0.2) is 0 Å². The van der Waals surface area contributed by atoms with Crippen molar-refractivity contribution in [2.24, 2.45) is 0 Å². The Bertz CT molecular complexity index is 298. The number of rotatable bonds is 0. The van der Waals surface area contributed by atoms with Gasteiger partial charge in [0.15, 0.2) is 0 Å². The third-order valence-corrected chi connectivity index (χ3v) is 1.60. The summed E-state index contributed by atoms with van der Waals surface area (Å²) in [5.74, 6) is 11.0. The molecule has 0 saturated heterocycles. The fourth-order valence-electron chi connectivity index (χ4n) is 0.502. The molecule has 0 aliphatic carbocycles. The molecule has 0 aliphatic heterocycles. The van der Waals surface area contributed by atoms with Crippen molar-refractivity contribution in [3.8, 4) is 23.7 Å². The summed E-state index contributed by atoms with van der Waals surface area (Å²) in [6.07, 6.45) is 0. The monoisotopic (exact) mass is 146 g/mol. The molecule has 1 rings (SSSR count). The highest BCUT2D eigenvalue weighted by Crippen LogP contribution is 2.02. The summed E-state index contributed by atoms with van der Waals surface area (Å²) in [6, 6.07) is 1.98. The molecule has 0 fully saturated rings. The zero-order chi connectivity index (χ0) is 7.23. The minimum atomic E-state index is 1.05. The van der Waals surface area contributed by atoms with Crippen molar-refractivity contribution in [1.29, 1.82) is 0 Å². The first-order valence-electron chi connectivity index (χ1n) is 2.88. The van der Waals surface area contributed by atoms with Crippen LogP contribution < -0.4 is 0 Å². The average Bonchev–Trinajstić information content (AvgIpc) is 2.41. The molecule has 1 heteroatoms. The zero-order valence-electron chi connectivity index (χ0n) is 5.64. The highest BCUT2D eigenvalue weighted by atomic mass is 32.1. The van der Waals surface area contributed by atoms with Crippen LogP contribution in [0.15, 0.2) is 16.8 Å². The van der Waals surface area contributed by atoms with Crippen molar-refractivity contribution in [2.75, 3.05) is 0 Å². The third-order valence-electron chi connectivity index (χ3n) is 0.916. The molecule has 0 bridgehead atoms. The van der Waals surface area contributed by atoms with E-state index in [9.17, 15) is 0 Å². The molecule has 1 heterocycles. The van der Waals surface area contributed by atoms with Crippen molar-refractivity contribution in [1.82, 2.24) is 0 Å². The van der Waals surface area contributed by atoms with Crippen LogP contribution in [0.5, 0.6) is 0 Å². The summed E-state index contributed by atoms with van der Waals surface area (Å²) in [5, 5.41) is 4.01. The van der Waals surface area contributed by atoms with Crippen LogP contribution in [0.2, 0.25) is 0 Å². The first-order valence-corrected chi connectivity index (χ1v) is 3.82. The number of hydrogen-bond donors (Lipinski definition) is 0. The molecule has 0 spiro atoms. The SMILES string of the molecule is CC#CC#Cc1ccsc1. The van der Waals surface area contributed by atoms with E-state index in [1.54, 1.807) is 18.3 Å². The number of hydrogen-bond acceptors (Lipinski definition) is 1. The van der Waals surface area contributed by atoms with Gasteiger partial charge in [-0.3, -0.25) is 0 Å². The summed E-state index contributed by atoms with van der Waals surface area (Å²) in [5.41, 5.74) is 1.05. The fraction of sp³-hybridized carbons (Fsp3) is 0.111. The molecule has 1 aromatic heterocycles. The van der Waals surface area contributed by atoms with Gasteiger partial charge in [0.05, 0.1) is 0 Å². The van der Waals surface area contributed by atoms with Gasteiger partial charge >= 0.3 is 0 Å². The highest BCUT2D eigenvalue weighted by Gasteiger charge is 1.80. The molecule has 0 atom stereocenters. The maximum atomic E-state index is 2.91. The van der Waals surface area contributed by atoms with Crippen molar-refractivity contribution in [3.63, 3.8) is 0 Å². The summed E-state index contributed by atoms with van der Waals surface area (Å²) in [7, 11) is 0. The summed E-state index contributed by atoms with van der Waals surface area (Å²) in [4.78, 5) is 0. The Hall–Kier alpha value is -1.18. The molecule has 0 nitrogen and oxygen atoms in total. The first-order chi connectivity index (χ1) is 4.93. The van der Waals surface area contributed by atoms with E-state index in [2.05, 4.69) is 23.7 Å². The second-order valence-corrected chi connectivity index (χ2v) is 2.42. The van der Waals surface area contributed by atoms with E-state index in [1.807, 2.05) is 16.8 Å². The Kier molecular flexibility index (Phi) is 2.62. The van der Waals surface area contributed by atoms with Crippen LogP contribution in [0.25, 0.3) is 0 Å². The largest absolute Gasteiger partial charge is 0.151 e. The lowest BCUT2D eigenvalue weighted by Crippen LogP contribution is -1.59. The van der Waals surface area contributed by atoms with Gasteiger partial charge in [0.2, 0.25) is 0 Å². The lowest BCUT2D eigenvalue weighted by atomic mass is 10.3. The van der Waals surface area contributed by atoms with Crippen LogP contribution in [0.3, 0.4) is 0 Å². The van der Waals surface area contributed by atoms with Crippen LogP contribution in [-0.4, -0.2) is 0 Å². The summed E-state index contributed by atoms with van der Waals surface area (Å²) in [6.45, 7) is 1.78. The highest BCUT2D eigenvalue weighted by molar-refractivity contribution is 7.08. The van der Waals surface area contributed by atoms with Crippen LogP contribution >= 0.6 is 11.3 Å². The minimum Gasteiger partial charge on any atom is -0.151 e. The lowest BCUT2D eigenvalue weighted by Gasteiger charge is -1.69. The van der Waals surface area contributed by atoms with E-state index in [-0.39, 0.29) is 0 Å². The molecule has 10 heavy (non-hydrogen) atoms. The summed E-state index contributed by atoms with van der Waals surface area (Å²) < 4.78 is 0. The molecule has 0 aliphatic rings. The second-order valence-electron chi connectivity index (χ2n) is 1.64. The molecular formula is C9H6S. The molecule has 0 amide bonds. The second kappa shape index (κ2) is 3.77. The normalized spacial score (nSPS) is 6.90. The van der Waals surface area contributed by atoms with Crippen LogP contribution in [0.4, 0.5) is 0 Å². The van der Waals surface area contributed by atoms with Crippen molar-refractivity contribution in [3.05, 3.63) is 22.4 Å². The van der Waals surface area contributed by atoms with Crippen molar-refractivity contribution in [2.45, 2.75) is 6.92 Å². The van der Waals surface area contributed by atoms with Gasteiger partial charge in [-0.2, -0.15) is 11.3 Å². The van der Waals surface area contributed by atoms with Crippen molar-refractivity contribution >= 4 is 11.3 Å². The van der Waals surface area contributed by atoms with Crippen LogP contribution in [-0.2, 0) is 0 Å². The van der Waals surface area contributed by atoms with Crippen LogP contribution in [0.1, 0.15) is 12.5 Å². The minimum absolute atomic E-state index is 1.05. The van der Waals surface area contributed by atoms with E-state index in [0.717, 1.165) is 5.56 Å².